The highest BCUT2D eigenvalue weighted by Crippen LogP contribution is 2.30. The summed E-state index contributed by atoms with van der Waals surface area (Å²) in [6.07, 6.45) is 0. The number of halogens is 5. The lowest BCUT2D eigenvalue weighted by Gasteiger charge is -2.12. The maximum atomic E-state index is 13.5. The summed E-state index contributed by atoms with van der Waals surface area (Å²) in [6, 6.07) is 7.43. The SMILES string of the molecule is O=S(=O)(Nc1c(I)cc(I)cc1I)c1ccc(Br)c(F)c1. The van der Waals surface area contributed by atoms with Crippen molar-refractivity contribution < 1.29 is 12.8 Å². The summed E-state index contributed by atoms with van der Waals surface area (Å²) in [6.45, 7) is 0. The average molecular weight is 708 g/mol. The molecule has 1 N–H and O–H groups in total. The molecule has 0 aromatic heterocycles. The molecule has 0 aliphatic rings. The van der Waals surface area contributed by atoms with E-state index in [2.05, 4.69) is 88.4 Å². The maximum absolute atomic E-state index is 13.5. The van der Waals surface area contributed by atoms with Gasteiger partial charge in [-0.1, -0.05) is 0 Å². The summed E-state index contributed by atoms with van der Waals surface area (Å²) < 4.78 is 43.5. The molecule has 0 amide bonds. The van der Waals surface area contributed by atoms with E-state index in [0.717, 1.165) is 16.8 Å². The van der Waals surface area contributed by atoms with Gasteiger partial charge in [-0.25, -0.2) is 12.8 Å². The second-order valence-electron chi connectivity index (χ2n) is 3.93. The van der Waals surface area contributed by atoms with Gasteiger partial charge in [0.2, 0.25) is 0 Å². The number of sulfonamides is 1. The fourth-order valence-electron chi connectivity index (χ4n) is 1.48. The summed E-state index contributed by atoms with van der Waals surface area (Å²) in [5.41, 5.74) is 0.500. The molecule has 0 radical (unpaired) electrons. The van der Waals surface area contributed by atoms with Gasteiger partial charge >= 0.3 is 0 Å². The number of anilines is 1. The molecule has 0 saturated heterocycles. The minimum absolute atomic E-state index is 0.117. The molecule has 2 aromatic carbocycles. The van der Waals surface area contributed by atoms with Gasteiger partial charge in [0.1, 0.15) is 5.82 Å². The van der Waals surface area contributed by atoms with Crippen molar-refractivity contribution in [3.8, 4) is 0 Å². The van der Waals surface area contributed by atoms with Crippen LogP contribution >= 0.6 is 83.7 Å². The van der Waals surface area contributed by atoms with E-state index in [4.69, 9.17) is 0 Å². The lowest BCUT2D eigenvalue weighted by Crippen LogP contribution is -2.15. The third-order valence-corrected chi connectivity index (χ3v) is 6.76. The highest BCUT2D eigenvalue weighted by molar-refractivity contribution is 14.1. The Hall–Kier alpha value is 0.790. The van der Waals surface area contributed by atoms with E-state index in [1.807, 2.05) is 12.1 Å². The van der Waals surface area contributed by atoms with Crippen LogP contribution < -0.4 is 4.72 Å². The number of nitrogens with one attached hydrogen (secondary N) is 1. The van der Waals surface area contributed by atoms with Crippen LogP contribution in [0.15, 0.2) is 39.7 Å². The molecule has 0 spiro atoms. The molecule has 0 heterocycles. The van der Waals surface area contributed by atoms with Gasteiger partial charge < -0.3 is 0 Å². The Bertz CT molecular complexity index is 791. The molecule has 0 aliphatic carbocycles. The van der Waals surface area contributed by atoms with Crippen molar-refractivity contribution in [2.24, 2.45) is 0 Å². The van der Waals surface area contributed by atoms with E-state index in [1.54, 1.807) is 0 Å². The monoisotopic (exact) mass is 707 g/mol. The predicted octanol–water partition coefficient (Wildman–Crippen LogP) is 5.20. The zero-order chi connectivity index (χ0) is 15.8. The third-order valence-electron chi connectivity index (χ3n) is 2.44. The molecular weight excluding hydrogens is 702 g/mol. The summed E-state index contributed by atoms with van der Waals surface area (Å²) >= 11 is 9.29. The zero-order valence-corrected chi connectivity index (χ0v) is 18.9. The lowest BCUT2D eigenvalue weighted by atomic mass is 10.3. The van der Waals surface area contributed by atoms with Gasteiger partial charge in [-0.2, -0.15) is 0 Å². The lowest BCUT2D eigenvalue weighted by molar-refractivity contribution is 0.593. The highest BCUT2D eigenvalue weighted by atomic mass is 127. The number of rotatable bonds is 3. The average Bonchev–Trinajstić information content (AvgIpc) is 2.37. The van der Waals surface area contributed by atoms with E-state index in [9.17, 15) is 12.8 Å². The van der Waals surface area contributed by atoms with Gasteiger partial charge in [0, 0.05) is 10.7 Å². The first-order chi connectivity index (χ1) is 9.70. The standard InChI is InChI=1S/C12H6BrFI3NO2S/c13-8-2-1-7(5-9(8)14)21(19,20)18-12-10(16)3-6(15)4-11(12)17/h1-5,18H. The largest absolute Gasteiger partial charge is 0.277 e. The van der Waals surface area contributed by atoms with Gasteiger partial charge in [-0.3, -0.25) is 4.72 Å². The van der Waals surface area contributed by atoms with Crippen LogP contribution in [0.5, 0.6) is 0 Å². The smallest absolute Gasteiger partial charge is 0.262 e. The fraction of sp³-hybridized carbons (Fsp3) is 0. The van der Waals surface area contributed by atoms with E-state index in [0.29, 0.717) is 5.69 Å². The van der Waals surface area contributed by atoms with Crippen LogP contribution in [0.2, 0.25) is 0 Å². The minimum atomic E-state index is -3.83. The minimum Gasteiger partial charge on any atom is -0.277 e. The van der Waals surface area contributed by atoms with Crippen molar-refractivity contribution in [2.75, 3.05) is 4.72 Å². The highest BCUT2D eigenvalue weighted by Gasteiger charge is 2.19. The Morgan fingerprint density at radius 3 is 2.14 bits per heavy atom. The molecule has 3 nitrogen and oxygen atoms in total. The van der Waals surface area contributed by atoms with Crippen LogP contribution in [-0.2, 0) is 10.0 Å². The van der Waals surface area contributed by atoms with E-state index < -0.39 is 15.8 Å². The van der Waals surface area contributed by atoms with E-state index in [1.165, 1.54) is 12.1 Å². The Balaban J connectivity index is 2.44. The van der Waals surface area contributed by atoms with Gasteiger partial charge in [0.25, 0.3) is 10.0 Å². The summed E-state index contributed by atoms with van der Waals surface area (Å²) in [5.74, 6) is -0.620. The summed E-state index contributed by atoms with van der Waals surface area (Å²) in [5, 5.41) is 0. The molecule has 2 aromatic rings. The molecule has 0 unspecified atom stereocenters. The van der Waals surface area contributed by atoms with Crippen LogP contribution in [0.25, 0.3) is 0 Å². The summed E-state index contributed by atoms with van der Waals surface area (Å²) in [7, 11) is -3.83. The second kappa shape index (κ2) is 7.13. The van der Waals surface area contributed by atoms with Gasteiger partial charge in [-0.05, 0) is 114 Å². The normalized spacial score (nSPS) is 11.5. The molecule has 112 valence electrons. The molecule has 21 heavy (non-hydrogen) atoms. The van der Waals surface area contributed by atoms with Crippen molar-refractivity contribution in [1.82, 2.24) is 0 Å². The molecule has 0 aliphatic heterocycles. The van der Waals surface area contributed by atoms with Crippen LogP contribution in [-0.4, -0.2) is 8.42 Å². The molecule has 9 heteroatoms. The first-order valence-electron chi connectivity index (χ1n) is 5.33. The number of hydrogen-bond acceptors (Lipinski definition) is 2. The van der Waals surface area contributed by atoms with Crippen molar-refractivity contribution in [2.45, 2.75) is 4.90 Å². The first-order valence-corrected chi connectivity index (χ1v) is 10.8. The van der Waals surface area contributed by atoms with Gasteiger partial charge in [0.05, 0.1) is 15.1 Å². The van der Waals surface area contributed by atoms with Crippen LogP contribution in [0.4, 0.5) is 10.1 Å². The van der Waals surface area contributed by atoms with Crippen molar-refractivity contribution >= 4 is 99.4 Å². The van der Waals surface area contributed by atoms with Crippen LogP contribution in [0.3, 0.4) is 0 Å². The topological polar surface area (TPSA) is 46.2 Å². The zero-order valence-electron chi connectivity index (χ0n) is 10.0. The van der Waals surface area contributed by atoms with Crippen LogP contribution in [0.1, 0.15) is 0 Å². The third kappa shape index (κ3) is 4.41. The molecule has 0 atom stereocenters. The molecule has 2 rings (SSSR count). The quantitative estimate of drug-likeness (QED) is 0.446. The Morgan fingerprint density at radius 1 is 1.05 bits per heavy atom. The van der Waals surface area contributed by atoms with E-state index >= 15 is 0 Å². The number of hydrogen-bond donors (Lipinski definition) is 1. The molecule has 0 saturated carbocycles. The van der Waals surface area contributed by atoms with Gasteiger partial charge in [-0.15, -0.1) is 0 Å². The second-order valence-corrected chi connectivity index (χ2v) is 10.0. The summed E-state index contributed by atoms with van der Waals surface area (Å²) in [4.78, 5) is -0.117. The van der Waals surface area contributed by atoms with Gasteiger partial charge in [0.15, 0.2) is 0 Å². The fourth-order valence-corrected chi connectivity index (χ4v) is 7.05. The number of benzene rings is 2. The Morgan fingerprint density at radius 2 is 1.62 bits per heavy atom. The van der Waals surface area contributed by atoms with Crippen molar-refractivity contribution in [3.63, 3.8) is 0 Å². The van der Waals surface area contributed by atoms with Crippen molar-refractivity contribution in [3.05, 3.63) is 51.3 Å². The van der Waals surface area contributed by atoms with Crippen molar-refractivity contribution in [1.29, 1.82) is 0 Å². The van der Waals surface area contributed by atoms with Crippen LogP contribution in [0, 0.1) is 16.5 Å². The maximum Gasteiger partial charge on any atom is 0.262 e. The molecule has 0 bridgehead atoms. The Labute approximate surface area is 171 Å². The predicted molar refractivity (Wildman–Crippen MR) is 110 cm³/mol. The molecular formula is C12H6BrFI3NO2S. The Kier molecular flexibility index (Phi) is 6.16. The first kappa shape index (κ1) is 18.1. The van der Waals surface area contributed by atoms with E-state index in [-0.39, 0.29) is 9.37 Å². The molecule has 0 fully saturated rings.